The van der Waals surface area contributed by atoms with Crippen molar-refractivity contribution in [3.05, 3.63) is 64.7 Å². The minimum atomic E-state index is 0.131. The molecule has 4 nitrogen and oxygen atoms in total. The number of amides is 1. The number of likely N-dealkylation sites (tertiary alicyclic amines) is 2. The first-order valence-electron chi connectivity index (χ1n) is 11.9. The summed E-state index contributed by atoms with van der Waals surface area (Å²) < 4.78 is 6.06. The molecule has 2 saturated heterocycles. The van der Waals surface area contributed by atoms with Crippen LogP contribution in [0.15, 0.2) is 48.5 Å². The lowest BCUT2D eigenvalue weighted by Crippen LogP contribution is -2.48. The average Bonchev–Trinajstić information content (AvgIpc) is 2.81. The molecule has 0 aliphatic carbocycles. The van der Waals surface area contributed by atoms with Gasteiger partial charge in [-0.05, 0) is 80.4 Å². The van der Waals surface area contributed by atoms with Crippen LogP contribution in [-0.4, -0.2) is 48.5 Å². The lowest BCUT2D eigenvalue weighted by molar-refractivity contribution is 0.0283. The summed E-state index contributed by atoms with van der Waals surface area (Å²) in [6.07, 6.45) is 4.64. The van der Waals surface area contributed by atoms with Crippen molar-refractivity contribution in [2.75, 3.05) is 32.8 Å². The fourth-order valence-electron chi connectivity index (χ4n) is 4.92. The third-order valence-corrected chi connectivity index (χ3v) is 7.31. The molecule has 0 atom stereocenters. The van der Waals surface area contributed by atoms with Crippen LogP contribution in [0.1, 0.15) is 55.5 Å². The number of rotatable bonds is 6. The Kier molecular flexibility index (Phi) is 7.42. The fraction of sp³-hybridized carbons (Fsp3) is 0.519. The van der Waals surface area contributed by atoms with E-state index in [1.165, 1.54) is 18.4 Å². The number of benzene rings is 2. The largest absolute Gasteiger partial charge is 0.493 e. The van der Waals surface area contributed by atoms with Crippen molar-refractivity contribution in [2.24, 2.45) is 11.3 Å². The number of hydrogen-bond donors (Lipinski definition) is 0. The molecule has 2 fully saturated rings. The van der Waals surface area contributed by atoms with Gasteiger partial charge in [0.1, 0.15) is 5.75 Å². The van der Waals surface area contributed by atoms with Crippen LogP contribution >= 0.6 is 11.6 Å². The highest BCUT2D eigenvalue weighted by atomic mass is 35.5. The second kappa shape index (κ2) is 10.3. The summed E-state index contributed by atoms with van der Waals surface area (Å²) >= 11 is 5.96. The van der Waals surface area contributed by atoms with Gasteiger partial charge in [0.05, 0.1) is 6.61 Å². The smallest absolute Gasteiger partial charge is 0.253 e. The highest BCUT2D eigenvalue weighted by molar-refractivity contribution is 6.30. The molecule has 2 aromatic rings. The van der Waals surface area contributed by atoms with E-state index in [1.54, 1.807) is 12.1 Å². The predicted molar refractivity (Wildman–Crippen MR) is 130 cm³/mol. The van der Waals surface area contributed by atoms with Gasteiger partial charge in [0, 0.05) is 35.8 Å². The molecule has 32 heavy (non-hydrogen) atoms. The second-order valence-corrected chi connectivity index (χ2v) is 10.3. The number of piperidine rings is 2. The number of para-hydroxylation sites is 1. The summed E-state index contributed by atoms with van der Waals surface area (Å²) in [4.78, 5) is 17.4. The Morgan fingerprint density at radius 1 is 0.969 bits per heavy atom. The van der Waals surface area contributed by atoms with E-state index in [2.05, 4.69) is 43.0 Å². The highest BCUT2D eigenvalue weighted by Gasteiger charge is 2.38. The van der Waals surface area contributed by atoms with Crippen molar-refractivity contribution in [3.63, 3.8) is 0 Å². The summed E-state index contributed by atoms with van der Waals surface area (Å²) in [5.41, 5.74) is 2.41. The van der Waals surface area contributed by atoms with E-state index in [4.69, 9.17) is 16.3 Å². The molecule has 0 saturated carbocycles. The third kappa shape index (κ3) is 5.65. The topological polar surface area (TPSA) is 32.8 Å². The molecule has 0 unspecified atom stereocenters. The SMILES string of the molecule is CC(C)COc1ccccc1CN1CCC2(CC1)CCN(C(=O)c1ccc(Cl)cc1)CC2. The van der Waals surface area contributed by atoms with Gasteiger partial charge in [-0.15, -0.1) is 0 Å². The first kappa shape index (κ1) is 23.1. The lowest BCUT2D eigenvalue weighted by atomic mass is 9.71. The van der Waals surface area contributed by atoms with E-state index in [1.807, 2.05) is 17.0 Å². The molecule has 5 heteroatoms. The number of ether oxygens (including phenoxy) is 1. The molecular formula is C27H35ClN2O2. The van der Waals surface area contributed by atoms with Crippen molar-refractivity contribution in [1.29, 1.82) is 0 Å². The summed E-state index contributed by atoms with van der Waals surface area (Å²) in [7, 11) is 0. The van der Waals surface area contributed by atoms with Crippen LogP contribution in [0.4, 0.5) is 0 Å². The lowest BCUT2D eigenvalue weighted by Gasteiger charge is -2.47. The number of hydrogen-bond acceptors (Lipinski definition) is 3. The standard InChI is InChI=1S/C27H35ClN2O2/c1-21(2)20-32-25-6-4-3-5-23(25)19-29-15-11-27(12-16-29)13-17-30(18-14-27)26(31)22-7-9-24(28)10-8-22/h3-10,21H,11-20H2,1-2H3. The normalized spacial score (nSPS) is 18.8. The summed E-state index contributed by atoms with van der Waals surface area (Å²) in [6.45, 7) is 10.0. The number of carbonyl (C=O) groups is 1. The number of carbonyl (C=O) groups excluding carboxylic acids is 1. The molecular weight excluding hydrogens is 420 g/mol. The summed E-state index contributed by atoms with van der Waals surface area (Å²) in [5, 5.41) is 0.667. The fourth-order valence-corrected chi connectivity index (χ4v) is 5.04. The Morgan fingerprint density at radius 3 is 2.25 bits per heavy atom. The number of halogens is 1. The van der Waals surface area contributed by atoms with Gasteiger partial charge in [-0.3, -0.25) is 9.69 Å². The van der Waals surface area contributed by atoms with E-state index in [0.717, 1.165) is 63.5 Å². The van der Waals surface area contributed by atoms with Crippen LogP contribution in [0.2, 0.25) is 5.02 Å². The van der Waals surface area contributed by atoms with Crippen LogP contribution < -0.4 is 4.74 Å². The van der Waals surface area contributed by atoms with Crippen molar-refractivity contribution in [1.82, 2.24) is 9.80 Å². The third-order valence-electron chi connectivity index (χ3n) is 7.06. The van der Waals surface area contributed by atoms with Gasteiger partial charge in [0.15, 0.2) is 0 Å². The predicted octanol–water partition coefficient (Wildman–Crippen LogP) is 5.89. The van der Waals surface area contributed by atoms with Crippen molar-refractivity contribution >= 4 is 17.5 Å². The molecule has 4 rings (SSSR count). The Morgan fingerprint density at radius 2 is 1.59 bits per heavy atom. The van der Waals surface area contributed by atoms with Crippen LogP contribution in [0.5, 0.6) is 5.75 Å². The Labute approximate surface area is 197 Å². The highest BCUT2D eigenvalue weighted by Crippen LogP contribution is 2.42. The Balaban J connectivity index is 1.28. The van der Waals surface area contributed by atoms with E-state index in [0.29, 0.717) is 16.4 Å². The number of nitrogens with zero attached hydrogens (tertiary/aromatic N) is 2. The summed E-state index contributed by atoms with van der Waals surface area (Å²) in [5.74, 6) is 1.68. The first-order chi connectivity index (χ1) is 15.4. The zero-order chi connectivity index (χ0) is 22.6. The van der Waals surface area contributed by atoms with Gasteiger partial charge >= 0.3 is 0 Å². The van der Waals surface area contributed by atoms with Gasteiger partial charge in [-0.25, -0.2) is 0 Å². The zero-order valence-electron chi connectivity index (χ0n) is 19.4. The van der Waals surface area contributed by atoms with Crippen molar-refractivity contribution in [3.8, 4) is 5.75 Å². The van der Waals surface area contributed by atoms with Crippen LogP contribution in [-0.2, 0) is 6.54 Å². The van der Waals surface area contributed by atoms with Crippen molar-refractivity contribution in [2.45, 2.75) is 46.1 Å². The van der Waals surface area contributed by atoms with E-state index in [9.17, 15) is 4.79 Å². The summed E-state index contributed by atoms with van der Waals surface area (Å²) in [6, 6.07) is 15.7. The first-order valence-corrected chi connectivity index (χ1v) is 12.3. The van der Waals surface area contributed by atoms with Gasteiger partial charge in [-0.2, -0.15) is 0 Å². The maximum absolute atomic E-state index is 12.8. The molecule has 2 aliphatic heterocycles. The molecule has 2 heterocycles. The molecule has 0 aromatic heterocycles. The maximum Gasteiger partial charge on any atom is 0.253 e. The molecule has 0 radical (unpaired) electrons. The van der Waals surface area contributed by atoms with Crippen LogP contribution in [0.3, 0.4) is 0 Å². The van der Waals surface area contributed by atoms with Gasteiger partial charge in [0.2, 0.25) is 0 Å². The molecule has 1 amide bonds. The van der Waals surface area contributed by atoms with Crippen LogP contribution in [0.25, 0.3) is 0 Å². The van der Waals surface area contributed by atoms with Crippen molar-refractivity contribution < 1.29 is 9.53 Å². The van der Waals surface area contributed by atoms with Gasteiger partial charge in [0.25, 0.3) is 5.91 Å². The minimum Gasteiger partial charge on any atom is -0.493 e. The van der Waals surface area contributed by atoms with Crippen LogP contribution in [0, 0.1) is 11.3 Å². The molecule has 2 aliphatic rings. The van der Waals surface area contributed by atoms with Gasteiger partial charge < -0.3 is 9.64 Å². The van der Waals surface area contributed by atoms with Gasteiger partial charge in [-0.1, -0.05) is 43.6 Å². The second-order valence-electron chi connectivity index (χ2n) is 9.89. The Bertz CT molecular complexity index is 894. The molecule has 172 valence electrons. The molecule has 2 aromatic carbocycles. The monoisotopic (exact) mass is 454 g/mol. The molecule has 1 spiro atoms. The molecule has 0 bridgehead atoms. The van der Waals surface area contributed by atoms with E-state index in [-0.39, 0.29) is 5.91 Å². The maximum atomic E-state index is 12.8. The van der Waals surface area contributed by atoms with E-state index < -0.39 is 0 Å². The zero-order valence-corrected chi connectivity index (χ0v) is 20.1. The van der Waals surface area contributed by atoms with E-state index >= 15 is 0 Å². The Hall–Kier alpha value is -2.04. The minimum absolute atomic E-state index is 0.131. The molecule has 0 N–H and O–H groups in total. The quantitative estimate of drug-likeness (QED) is 0.545. The average molecular weight is 455 g/mol.